The minimum Gasteiger partial charge on any atom is -0.357 e. The van der Waals surface area contributed by atoms with Crippen LogP contribution in [0.2, 0.25) is 0 Å². The van der Waals surface area contributed by atoms with Gasteiger partial charge in [-0.1, -0.05) is 12.1 Å². The molecule has 3 rings (SSSR count). The highest BCUT2D eigenvalue weighted by Crippen LogP contribution is 2.31. The summed E-state index contributed by atoms with van der Waals surface area (Å²) in [5.41, 5.74) is 1.81. The number of amides is 1. The predicted molar refractivity (Wildman–Crippen MR) is 110 cm³/mol. The Kier molecular flexibility index (Phi) is 6.72. The van der Waals surface area contributed by atoms with Crippen LogP contribution in [0, 0.1) is 5.92 Å². The van der Waals surface area contributed by atoms with Crippen LogP contribution in [0.4, 0.5) is 0 Å². The number of aliphatic imine (C=N–C) groups is 1. The van der Waals surface area contributed by atoms with Crippen molar-refractivity contribution in [2.45, 2.75) is 38.8 Å². The molecule has 0 radical (unpaired) electrons. The molecule has 1 aliphatic heterocycles. The van der Waals surface area contributed by atoms with E-state index in [9.17, 15) is 4.79 Å². The van der Waals surface area contributed by atoms with Crippen LogP contribution in [0.25, 0.3) is 0 Å². The average molecular weight is 372 g/mol. The fraction of sp³-hybridized carbons (Fsp3) is 0.619. The van der Waals surface area contributed by atoms with Crippen LogP contribution in [-0.4, -0.2) is 68.0 Å². The van der Waals surface area contributed by atoms with Crippen LogP contribution < -0.4 is 10.6 Å². The Balaban J connectivity index is 1.50. The lowest BCUT2D eigenvalue weighted by Gasteiger charge is -2.17. The molecule has 1 aliphatic carbocycles. The first-order chi connectivity index (χ1) is 13.1. The Labute approximate surface area is 163 Å². The standard InChI is InChI=1S/C21H33N5O/c1-4-22-21(24-14-17-11-12-26(15-17)19-9-10-19)23-13-16-5-7-18(8-6-16)20(27)25(2)3/h5-8,17,19H,4,9-15H2,1-3H3,(H2,22,23,24). The lowest BCUT2D eigenvalue weighted by molar-refractivity contribution is 0.0827. The van der Waals surface area contributed by atoms with Crippen LogP contribution in [0.3, 0.4) is 0 Å². The van der Waals surface area contributed by atoms with Crippen molar-refractivity contribution in [1.82, 2.24) is 20.4 Å². The van der Waals surface area contributed by atoms with E-state index in [0.717, 1.165) is 30.7 Å². The molecule has 2 fully saturated rings. The summed E-state index contributed by atoms with van der Waals surface area (Å²) in [5.74, 6) is 1.61. The fourth-order valence-electron chi connectivity index (χ4n) is 3.56. The molecule has 0 bridgehead atoms. The number of nitrogens with one attached hydrogen (secondary N) is 2. The SMILES string of the molecule is CCNC(=NCc1ccc(C(=O)N(C)C)cc1)NCC1CCN(C2CC2)C1. The van der Waals surface area contributed by atoms with Gasteiger partial charge in [0.25, 0.3) is 5.91 Å². The van der Waals surface area contributed by atoms with E-state index in [1.165, 1.54) is 32.4 Å². The number of nitrogens with zero attached hydrogens (tertiary/aromatic N) is 3. The molecule has 1 atom stereocenters. The molecule has 0 aromatic heterocycles. The highest BCUT2D eigenvalue weighted by atomic mass is 16.2. The van der Waals surface area contributed by atoms with Crippen LogP contribution in [0.15, 0.2) is 29.3 Å². The number of guanidine groups is 1. The molecular weight excluding hydrogens is 338 g/mol. The van der Waals surface area contributed by atoms with Crippen LogP contribution in [0.1, 0.15) is 42.1 Å². The van der Waals surface area contributed by atoms with Crippen LogP contribution in [0.5, 0.6) is 0 Å². The van der Waals surface area contributed by atoms with Gasteiger partial charge in [0.1, 0.15) is 0 Å². The fourth-order valence-corrected chi connectivity index (χ4v) is 3.56. The molecule has 2 aliphatic rings. The number of carbonyl (C=O) groups excluding carboxylic acids is 1. The molecule has 1 saturated heterocycles. The maximum Gasteiger partial charge on any atom is 0.253 e. The Morgan fingerprint density at radius 2 is 1.93 bits per heavy atom. The van der Waals surface area contributed by atoms with E-state index >= 15 is 0 Å². The van der Waals surface area contributed by atoms with E-state index in [4.69, 9.17) is 4.99 Å². The minimum absolute atomic E-state index is 0.0249. The van der Waals surface area contributed by atoms with Gasteiger partial charge in [-0.2, -0.15) is 0 Å². The second kappa shape index (κ2) is 9.22. The molecule has 1 amide bonds. The largest absolute Gasteiger partial charge is 0.357 e. The van der Waals surface area contributed by atoms with Crippen molar-refractivity contribution in [3.8, 4) is 0 Å². The molecule has 2 N–H and O–H groups in total. The van der Waals surface area contributed by atoms with Gasteiger partial charge in [0.05, 0.1) is 6.54 Å². The van der Waals surface area contributed by atoms with Gasteiger partial charge in [0.2, 0.25) is 0 Å². The smallest absolute Gasteiger partial charge is 0.253 e. The van der Waals surface area contributed by atoms with Gasteiger partial charge in [-0.05, 0) is 56.3 Å². The molecular formula is C21H33N5O. The lowest BCUT2D eigenvalue weighted by atomic mass is 10.1. The van der Waals surface area contributed by atoms with E-state index in [1.54, 1.807) is 19.0 Å². The summed E-state index contributed by atoms with van der Waals surface area (Å²) in [6.45, 7) is 6.99. The third-order valence-electron chi connectivity index (χ3n) is 5.31. The van der Waals surface area contributed by atoms with Crippen LogP contribution in [-0.2, 0) is 6.54 Å². The summed E-state index contributed by atoms with van der Waals surface area (Å²) >= 11 is 0. The maximum absolute atomic E-state index is 12.0. The quantitative estimate of drug-likeness (QED) is 0.568. The molecule has 6 nitrogen and oxygen atoms in total. The topological polar surface area (TPSA) is 60.0 Å². The minimum atomic E-state index is 0.0249. The third kappa shape index (κ3) is 5.70. The first kappa shape index (κ1) is 19.7. The van der Waals surface area contributed by atoms with Gasteiger partial charge in [-0.25, -0.2) is 4.99 Å². The van der Waals surface area contributed by atoms with Crippen molar-refractivity contribution in [3.05, 3.63) is 35.4 Å². The van der Waals surface area contributed by atoms with Gasteiger partial charge < -0.3 is 20.4 Å². The predicted octanol–water partition coefficient (Wildman–Crippen LogP) is 1.93. The molecule has 27 heavy (non-hydrogen) atoms. The summed E-state index contributed by atoms with van der Waals surface area (Å²) in [4.78, 5) is 20.9. The first-order valence-electron chi connectivity index (χ1n) is 10.1. The van der Waals surface area contributed by atoms with E-state index in [2.05, 4.69) is 22.5 Å². The second-order valence-electron chi connectivity index (χ2n) is 7.85. The number of benzene rings is 1. The van der Waals surface area contributed by atoms with E-state index in [1.807, 2.05) is 24.3 Å². The Bertz CT molecular complexity index is 651. The zero-order valence-electron chi connectivity index (χ0n) is 16.9. The van der Waals surface area contributed by atoms with Gasteiger partial charge >= 0.3 is 0 Å². The molecule has 1 heterocycles. The molecule has 0 spiro atoms. The van der Waals surface area contributed by atoms with Crippen molar-refractivity contribution in [3.63, 3.8) is 0 Å². The maximum atomic E-state index is 12.0. The third-order valence-corrected chi connectivity index (χ3v) is 5.31. The highest BCUT2D eigenvalue weighted by molar-refractivity contribution is 5.93. The lowest BCUT2D eigenvalue weighted by Crippen LogP contribution is -2.40. The summed E-state index contributed by atoms with van der Waals surface area (Å²) < 4.78 is 0. The molecule has 148 valence electrons. The van der Waals surface area contributed by atoms with Gasteiger partial charge in [0, 0.05) is 45.3 Å². The Hall–Kier alpha value is -2.08. The number of likely N-dealkylation sites (tertiary alicyclic amines) is 1. The molecule has 6 heteroatoms. The summed E-state index contributed by atoms with van der Waals surface area (Å²) in [6.07, 6.45) is 4.07. The molecule has 1 aromatic carbocycles. The number of hydrogen-bond donors (Lipinski definition) is 2. The second-order valence-corrected chi connectivity index (χ2v) is 7.85. The van der Waals surface area contributed by atoms with Crippen LogP contribution >= 0.6 is 0 Å². The van der Waals surface area contributed by atoms with Crippen molar-refractivity contribution >= 4 is 11.9 Å². The Morgan fingerprint density at radius 3 is 2.56 bits per heavy atom. The van der Waals surface area contributed by atoms with E-state index in [0.29, 0.717) is 18.0 Å². The molecule has 1 unspecified atom stereocenters. The van der Waals surface area contributed by atoms with Gasteiger partial charge in [0.15, 0.2) is 5.96 Å². The molecule has 1 aromatic rings. The van der Waals surface area contributed by atoms with Crippen molar-refractivity contribution in [1.29, 1.82) is 0 Å². The summed E-state index contributed by atoms with van der Waals surface area (Å²) in [6, 6.07) is 8.58. The first-order valence-corrected chi connectivity index (χ1v) is 10.1. The monoisotopic (exact) mass is 371 g/mol. The zero-order chi connectivity index (χ0) is 19.2. The summed E-state index contributed by atoms with van der Waals surface area (Å²) in [5, 5.41) is 6.84. The highest BCUT2D eigenvalue weighted by Gasteiger charge is 2.34. The van der Waals surface area contributed by atoms with Gasteiger partial charge in [-0.3, -0.25) is 4.79 Å². The zero-order valence-corrected chi connectivity index (χ0v) is 16.9. The van der Waals surface area contributed by atoms with E-state index < -0.39 is 0 Å². The van der Waals surface area contributed by atoms with Crippen molar-refractivity contribution in [2.75, 3.05) is 40.3 Å². The summed E-state index contributed by atoms with van der Waals surface area (Å²) in [7, 11) is 3.53. The number of carbonyl (C=O) groups is 1. The van der Waals surface area contributed by atoms with E-state index in [-0.39, 0.29) is 5.91 Å². The number of rotatable bonds is 7. The van der Waals surface area contributed by atoms with Crippen molar-refractivity contribution in [2.24, 2.45) is 10.9 Å². The van der Waals surface area contributed by atoms with Gasteiger partial charge in [-0.15, -0.1) is 0 Å². The average Bonchev–Trinajstić information content (AvgIpc) is 3.42. The van der Waals surface area contributed by atoms with Crippen molar-refractivity contribution < 1.29 is 4.79 Å². The Morgan fingerprint density at radius 1 is 1.19 bits per heavy atom. The number of hydrogen-bond acceptors (Lipinski definition) is 3. The molecule has 1 saturated carbocycles. The normalized spacial score (nSPS) is 20.6.